The van der Waals surface area contributed by atoms with Gasteiger partial charge in [-0.25, -0.2) is 9.59 Å². The molecule has 10 N–H and O–H groups in total. The van der Waals surface area contributed by atoms with Crippen LogP contribution < -0.4 is 27.0 Å². The fourth-order valence-corrected chi connectivity index (χ4v) is 13.4. The molecule has 0 spiro atoms. The zero-order valence-electron chi connectivity index (χ0n) is 69.7. The monoisotopic (exact) mass is 1620 g/mol. The average molecular weight is 1620 g/mol. The van der Waals surface area contributed by atoms with E-state index in [1.807, 2.05) is 145 Å². The number of nitrogens with zero attached hydrogens (tertiary/aromatic N) is 12. The van der Waals surface area contributed by atoms with Crippen molar-refractivity contribution in [1.82, 2.24) is 80.5 Å². The van der Waals surface area contributed by atoms with E-state index >= 15 is 0 Å². The summed E-state index contributed by atoms with van der Waals surface area (Å²) >= 11 is 0. The highest BCUT2D eigenvalue weighted by atomic mass is 35.5. The fourth-order valence-electron chi connectivity index (χ4n) is 13.4. The molecule has 628 valence electrons. The zero-order chi connectivity index (χ0) is 84.4. The number of halogens is 2. The molecule has 2 unspecified atom stereocenters. The quantitative estimate of drug-likeness (QED) is 0.0360. The number of alkyl halides is 1. The second-order valence-corrected chi connectivity index (χ2v) is 30.8. The Labute approximate surface area is 680 Å². The Morgan fingerprint density at radius 2 is 0.783 bits per heavy atom. The number of benzene rings is 2. The van der Waals surface area contributed by atoms with Crippen molar-refractivity contribution in [3.8, 4) is 22.6 Å². The highest BCUT2D eigenvalue weighted by Gasteiger charge is 2.39. The van der Waals surface area contributed by atoms with Crippen LogP contribution in [0.15, 0.2) is 143 Å². The molecule has 6 aliphatic rings. The number of aliphatic hydroxyl groups is 4. The summed E-state index contributed by atoms with van der Waals surface area (Å²) in [4.78, 5) is 59.4. The van der Waals surface area contributed by atoms with Gasteiger partial charge < -0.3 is 70.7 Å². The minimum atomic E-state index is -1.00. The molecule has 1 aliphatic heterocycles. The predicted octanol–water partition coefficient (Wildman–Crippen LogP) is 13.4. The molecule has 33 heteroatoms. The lowest BCUT2D eigenvalue weighted by molar-refractivity contribution is 0.0438. The van der Waals surface area contributed by atoms with Gasteiger partial charge in [0.25, 0.3) is 11.8 Å². The first-order chi connectivity index (χ1) is 55.3. The number of nitrogens with one attached hydrogen (secondary N) is 4. The van der Waals surface area contributed by atoms with E-state index in [0.717, 1.165) is 111 Å². The van der Waals surface area contributed by atoms with Crippen LogP contribution in [0.1, 0.15) is 279 Å². The van der Waals surface area contributed by atoms with Crippen molar-refractivity contribution in [2.24, 2.45) is 5.73 Å². The Morgan fingerprint density at radius 1 is 0.496 bits per heavy atom. The first kappa shape index (κ1) is 89.0. The number of alkyl carbamates (subject to hydrolysis) is 2. The number of ketones is 1. The van der Waals surface area contributed by atoms with Crippen LogP contribution in [-0.4, -0.2) is 171 Å². The molecule has 8 heterocycles. The Balaban J connectivity index is 0.000000198. The lowest BCUT2D eigenvalue weighted by Gasteiger charge is -2.37. The van der Waals surface area contributed by atoms with Crippen LogP contribution in [0.5, 0.6) is 0 Å². The molecule has 2 aromatic carbocycles. The third-order valence-electron chi connectivity index (χ3n) is 19.4. The molecule has 4 amide bonds. The molecular formula is C82H117ClFN17O14. The summed E-state index contributed by atoms with van der Waals surface area (Å²) in [6, 6.07) is 33.2. The van der Waals surface area contributed by atoms with Crippen molar-refractivity contribution in [3.63, 3.8) is 0 Å². The molecule has 7 aromatic heterocycles. The summed E-state index contributed by atoms with van der Waals surface area (Å²) < 4.78 is 56.8. The van der Waals surface area contributed by atoms with Crippen LogP contribution in [0.4, 0.5) is 14.0 Å². The average Bonchev–Trinajstić information content (AvgIpc) is 1.76. The summed E-state index contributed by atoms with van der Waals surface area (Å²) in [5.41, 5.74) is 10.9. The maximum atomic E-state index is 12.4. The number of carbonyl (C=O) groups is 5. The van der Waals surface area contributed by atoms with Gasteiger partial charge in [-0.05, 0) is 177 Å². The highest BCUT2D eigenvalue weighted by Crippen LogP contribution is 2.39. The van der Waals surface area contributed by atoms with E-state index in [1.165, 1.54) is 19.8 Å². The Morgan fingerprint density at radius 3 is 1.06 bits per heavy atom. The molecule has 5 saturated carbocycles. The number of carbonyl (C=O) groups excluding carboxylic acids is 5. The van der Waals surface area contributed by atoms with Crippen molar-refractivity contribution in [1.29, 1.82) is 0 Å². The maximum absolute atomic E-state index is 12.4. The van der Waals surface area contributed by atoms with E-state index in [9.17, 15) is 48.8 Å². The molecule has 5 aliphatic carbocycles. The van der Waals surface area contributed by atoms with E-state index in [2.05, 4.69) is 57.1 Å². The van der Waals surface area contributed by atoms with Gasteiger partial charge in [0.15, 0.2) is 28.7 Å². The molecule has 0 bridgehead atoms. The largest absolute Gasteiger partial charge is 0.444 e. The van der Waals surface area contributed by atoms with Gasteiger partial charge in [-0.1, -0.05) is 84.8 Å². The maximum Gasteiger partial charge on any atom is 0.407 e. The minimum absolute atomic E-state index is 0. The summed E-state index contributed by atoms with van der Waals surface area (Å²) in [6.07, 6.45) is 16.3. The van der Waals surface area contributed by atoms with Crippen molar-refractivity contribution in [2.75, 3.05) is 20.4 Å². The third-order valence-corrected chi connectivity index (χ3v) is 19.4. The van der Waals surface area contributed by atoms with Gasteiger partial charge in [0.2, 0.25) is 0 Å². The second kappa shape index (κ2) is 43.7. The summed E-state index contributed by atoms with van der Waals surface area (Å²) in [5.74, 6) is 0.665. The SMILES string of the molecule is C1CCOC1.CC(=O)c1ccnn1C1CC(NC(=O)OC(C)(C)C)C1.CC(O)c1ccnn1C1CC(N)C1.CC(O)c1ccnn1C1CC(NC(=O)OC(C)(C)C)C1.C[C@@H](O)c1ccnn1C1CC(NC(=O)c2cc(-c3ccccc3)on2)C1.C[C@H](O)c1ccnn1C1CC(NC(=O)c2cc(-c3ccccc3)on2)C1.Cl.[2H]CC.[2H]CF. The second-order valence-electron chi connectivity index (χ2n) is 30.8. The number of nitrogens with two attached hydrogens (primary N) is 1. The molecular weight excluding hydrogens is 1500 g/mol. The van der Waals surface area contributed by atoms with Gasteiger partial charge in [-0.2, -0.15) is 25.5 Å². The van der Waals surface area contributed by atoms with Crippen LogP contribution in [0, 0.1) is 0 Å². The van der Waals surface area contributed by atoms with Crippen LogP contribution in [0.2, 0.25) is 0 Å². The third kappa shape index (κ3) is 26.8. The normalized spacial score (nSPS) is 21.9. The number of hydrogen-bond donors (Lipinski definition) is 9. The topological polar surface area (TPSA) is 409 Å². The lowest BCUT2D eigenvalue weighted by atomic mass is 9.86. The lowest BCUT2D eigenvalue weighted by Crippen LogP contribution is -2.47. The van der Waals surface area contributed by atoms with E-state index in [-0.39, 0.29) is 95.8 Å². The van der Waals surface area contributed by atoms with Crippen molar-refractivity contribution >= 4 is 42.2 Å². The van der Waals surface area contributed by atoms with Gasteiger partial charge >= 0.3 is 12.2 Å². The Kier molecular flexibility index (Phi) is 33.8. The summed E-state index contributed by atoms with van der Waals surface area (Å²) in [5, 5.41) is 79.2. The number of aliphatic hydroxyl groups excluding tert-OH is 4. The van der Waals surface area contributed by atoms with E-state index in [0.29, 0.717) is 36.2 Å². The number of aromatic nitrogens is 12. The van der Waals surface area contributed by atoms with Crippen molar-refractivity contribution in [2.45, 2.75) is 263 Å². The predicted molar refractivity (Wildman–Crippen MR) is 431 cm³/mol. The van der Waals surface area contributed by atoms with Gasteiger partial charge in [0.05, 0.1) is 85.9 Å². The molecule has 1 saturated heterocycles. The Hall–Kier alpha value is -9.96. The van der Waals surface area contributed by atoms with Crippen LogP contribution >= 0.6 is 12.4 Å². The van der Waals surface area contributed by atoms with E-state index in [1.54, 1.807) is 88.5 Å². The fraction of sp³-hybridized carbons (Fsp3) is 0.537. The van der Waals surface area contributed by atoms with Gasteiger partial charge in [-0.3, -0.25) is 42.2 Å². The molecule has 9 aromatic rings. The van der Waals surface area contributed by atoms with Gasteiger partial charge in [0, 0.05) is 106 Å². The number of rotatable bonds is 18. The van der Waals surface area contributed by atoms with Crippen LogP contribution in [-0.2, 0) is 14.2 Å². The standard InChI is InChI=1S/2C19H20N4O3.C14H23N3O3.C14H21N3O3.C9H15N3O.C4H8O.C2H6.CH3F.ClH/c2*1-12(24)17-7-8-20-23(17)15-9-14(10-15)21-19(25)16-11-18(26-22-16)13-5-3-2-4-6-13;2*1-9(18)12-5-6-15-17(12)11-7-10(8-11)16-13(19)20-14(2,3)4;1-6(13)9-2-3-11-12(9)8-4-7(10)5-8;1-2-4-5-3-1;2*1-2;/h2*2-8,11-12,14-15,24H,9-10H2,1H3,(H,21,25);5-6,9-11,18H,7-8H2,1-4H3,(H,16,19);5-6,10-11H,7-8H2,1-4H3,(H,16,19);2-3,6-8,13H,4-5,10H2,1H3;1-4H2;1-2H3;1H3;1H/t2*12-,14?,15?;;;;;;;/m10......./s1/i;;;;;;2*1D;. The van der Waals surface area contributed by atoms with Crippen molar-refractivity contribution < 1.29 is 74.8 Å². The van der Waals surface area contributed by atoms with E-state index in [4.69, 9.17) is 31.7 Å². The van der Waals surface area contributed by atoms with E-state index < -0.39 is 48.9 Å². The van der Waals surface area contributed by atoms with Gasteiger partial charge in [0.1, 0.15) is 16.9 Å². The molecule has 15 rings (SSSR count). The first-order valence-electron chi connectivity index (χ1n) is 40.2. The summed E-state index contributed by atoms with van der Waals surface area (Å²) in [7, 11) is -1.00. The van der Waals surface area contributed by atoms with Crippen molar-refractivity contribution in [3.05, 3.63) is 174 Å². The zero-order valence-corrected chi connectivity index (χ0v) is 68.5. The van der Waals surface area contributed by atoms with Crippen LogP contribution in [0.3, 0.4) is 0 Å². The number of Topliss-reactive ketones (excluding diaryl/α,β-unsaturated/α-hetero) is 1. The molecule has 6 fully saturated rings. The first-order valence-corrected chi connectivity index (χ1v) is 38.8. The Bertz CT molecular complexity index is 4280. The summed E-state index contributed by atoms with van der Waals surface area (Å²) in [6.45, 7) is 23.8. The number of hydrogen-bond acceptors (Lipinski definition) is 22. The van der Waals surface area contributed by atoms with Crippen LogP contribution in [0.25, 0.3) is 22.6 Å². The van der Waals surface area contributed by atoms with Gasteiger partial charge in [-0.15, -0.1) is 12.4 Å². The number of amides is 4. The molecule has 0 radical (unpaired) electrons. The highest BCUT2D eigenvalue weighted by molar-refractivity contribution is 5.94. The molecule has 31 nitrogen and oxygen atoms in total. The number of ether oxygens (including phenoxy) is 3. The minimum Gasteiger partial charge on any atom is -0.444 e. The smallest absolute Gasteiger partial charge is 0.407 e. The molecule has 115 heavy (non-hydrogen) atoms. The molecule has 4 atom stereocenters.